The average Bonchev–Trinajstić information content (AvgIpc) is 3.55. The number of nitrogens with one attached hydrogen (secondary N) is 1. The Morgan fingerprint density at radius 2 is 1.18 bits per heavy atom. The van der Waals surface area contributed by atoms with Crippen LogP contribution in [-0.2, 0) is 19.1 Å². The van der Waals surface area contributed by atoms with Gasteiger partial charge < -0.3 is 25.0 Å². The van der Waals surface area contributed by atoms with Crippen LogP contribution in [-0.4, -0.2) is 50.2 Å². The molecule has 4 aromatic rings. The summed E-state index contributed by atoms with van der Waals surface area (Å²) in [5, 5.41) is 17.9. The predicted octanol–water partition coefficient (Wildman–Crippen LogP) is 2.81. The molecule has 4 aromatic carbocycles. The third-order valence-corrected chi connectivity index (χ3v) is 6.82. The van der Waals surface area contributed by atoms with Gasteiger partial charge in [0.1, 0.15) is 5.70 Å². The molecule has 0 radical (unpaired) electrons. The molecule has 1 aliphatic heterocycles. The van der Waals surface area contributed by atoms with Gasteiger partial charge in [-0.25, -0.2) is 14.6 Å². The van der Waals surface area contributed by atoms with Crippen molar-refractivity contribution in [2.24, 2.45) is 4.99 Å². The minimum absolute atomic E-state index is 0. The molecule has 9 nitrogen and oxygen atoms in total. The molecule has 250 valence electrons. The zero-order valence-corrected chi connectivity index (χ0v) is 30.8. The Labute approximate surface area is 310 Å². The Kier molecular flexibility index (Phi) is 20.5. The zero-order valence-electron chi connectivity index (χ0n) is 28.8. The van der Waals surface area contributed by atoms with Crippen LogP contribution in [0.15, 0.2) is 138 Å². The molecule has 0 spiro atoms. The van der Waals surface area contributed by atoms with Gasteiger partial charge in [-0.1, -0.05) is 111 Å². The van der Waals surface area contributed by atoms with Gasteiger partial charge in [-0.15, -0.1) is 0 Å². The molecule has 1 amide bonds. The average molecular weight is 673 g/mol. The summed E-state index contributed by atoms with van der Waals surface area (Å²) >= 11 is 0. The Bertz CT molecular complexity index is 1690. The van der Waals surface area contributed by atoms with Crippen LogP contribution in [0, 0.1) is 0 Å². The second-order valence-electron chi connectivity index (χ2n) is 9.60. The molecule has 1 aliphatic rings. The van der Waals surface area contributed by atoms with Crippen molar-refractivity contribution in [1.82, 2.24) is 5.32 Å². The van der Waals surface area contributed by atoms with E-state index < -0.39 is 5.97 Å². The van der Waals surface area contributed by atoms with Crippen molar-refractivity contribution >= 4 is 34.9 Å². The number of benzene rings is 4. The normalized spacial score (nSPS) is 12.6. The first-order chi connectivity index (χ1) is 23.5. The van der Waals surface area contributed by atoms with Crippen LogP contribution < -0.4 is 40.0 Å². The molecule has 10 heteroatoms. The molecular weight excluding hydrogens is 631 g/mol. The van der Waals surface area contributed by atoms with Crippen LogP contribution in [0.4, 0.5) is 0 Å². The van der Waals surface area contributed by atoms with E-state index in [-0.39, 0.29) is 47.1 Å². The smallest absolute Gasteiger partial charge is 0.857 e. The number of cyclic esters (lactones) is 1. The molecule has 0 bridgehead atoms. The number of carbonyl (C=O) groups excluding carboxylic acids is 3. The fourth-order valence-corrected chi connectivity index (χ4v) is 4.64. The summed E-state index contributed by atoms with van der Waals surface area (Å²) in [6.07, 6.45) is 1.31. The van der Waals surface area contributed by atoms with Gasteiger partial charge >= 0.3 is 41.5 Å². The van der Waals surface area contributed by atoms with Crippen molar-refractivity contribution < 1.29 is 63.6 Å². The van der Waals surface area contributed by atoms with Crippen molar-refractivity contribution in [2.45, 2.75) is 26.7 Å². The van der Waals surface area contributed by atoms with E-state index in [0.29, 0.717) is 23.6 Å². The number of hydrogen-bond acceptors (Lipinski definition) is 8. The van der Waals surface area contributed by atoms with Crippen LogP contribution >= 0.6 is 0 Å². The van der Waals surface area contributed by atoms with Gasteiger partial charge in [0, 0.05) is 18.2 Å². The van der Waals surface area contributed by atoms with Crippen molar-refractivity contribution in [2.75, 3.05) is 21.3 Å². The Hall–Kier alpha value is -4.64. The zero-order chi connectivity index (χ0) is 35.3. The van der Waals surface area contributed by atoms with Gasteiger partial charge in [0.25, 0.3) is 5.91 Å². The van der Waals surface area contributed by atoms with Crippen LogP contribution in [0.5, 0.6) is 0 Å². The third kappa shape index (κ3) is 12.4. The largest absolute Gasteiger partial charge is 1.00 e. The summed E-state index contributed by atoms with van der Waals surface area (Å²) in [6.45, 7) is 3.94. The maximum atomic E-state index is 12.4. The molecule has 0 unspecified atom stereocenters. The van der Waals surface area contributed by atoms with Crippen LogP contribution in [0.25, 0.3) is 11.1 Å². The van der Waals surface area contributed by atoms with Crippen molar-refractivity contribution in [3.05, 3.63) is 155 Å². The summed E-state index contributed by atoms with van der Waals surface area (Å²) in [6, 6.07) is 37.5. The van der Waals surface area contributed by atoms with Gasteiger partial charge in [-0.05, 0) is 59.4 Å². The number of carbonyl (C=O) groups is 3. The molecular formula is C39H41N2NaO7. The van der Waals surface area contributed by atoms with Crippen LogP contribution in [0.1, 0.15) is 53.7 Å². The minimum Gasteiger partial charge on any atom is -0.857 e. The first kappa shape index (κ1) is 42.4. The van der Waals surface area contributed by atoms with E-state index in [4.69, 9.17) is 19.7 Å². The molecule has 2 N–H and O–H groups in total. The number of ether oxygens (including phenoxy) is 2. The fraction of sp³-hybridized carbons (Fsp3) is 0.179. The molecule has 5 rings (SSSR count). The van der Waals surface area contributed by atoms with Crippen LogP contribution in [0.3, 0.4) is 0 Å². The monoisotopic (exact) mass is 672 g/mol. The summed E-state index contributed by atoms with van der Waals surface area (Å²) < 4.78 is 10.2. The van der Waals surface area contributed by atoms with E-state index >= 15 is 0 Å². The molecule has 0 saturated heterocycles. The maximum Gasteiger partial charge on any atom is 1.00 e. The van der Waals surface area contributed by atoms with Gasteiger partial charge in [-0.3, -0.25) is 4.79 Å². The van der Waals surface area contributed by atoms with Gasteiger partial charge in [0.15, 0.2) is 5.70 Å². The molecule has 0 fully saturated rings. The molecule has 1 heterocycles. The van der Waals surface area contributed by atoms with Gasteiger partial charge in [0.05, 0.1) is 7.11 Å². The standard InChI is InChI=1S/C19H19NO3.C18H15NO2.CH4O.CH3O.Na/c1-3-16(14-10-6-4-7-11-14)17(19(22)23-2)20-18(21)15-12-8-5-9-13-15;1-2-15(13-9-5-3-6-10-13)16-18(20)21-17(19-16)14-11-7-4-8-12-14;2*1-2;/h4-13H,3H2,1-2H3,(H,20,21);3-12H,2H2,1H3;2H,1H3;1H3;/q;;;-1;+1/b17-16-;16-15-;;;. The number of allylic oxidation sites excluding steroid dienone is 2. The van der Waals surface area contributed by atoms with Gasteiger partial charge in [-0.2, -0.15) is 7.11 Å². The van der Waals surface area contributed by atoms with E-state index in [0.717, 1.165) is 48.5 Å². The number of hydrogen-bond donors (Lipinski definition) is 2. The minimum atomic E-state index is -0.560. The quantitative estimate of drug-likeness (QED) is 0.167. The number of amides is 1. The topological polar surface area (TPSA) is 137 Å². The number of aliphatic hydroxyl groups excluding tert-OH is 1. The summed E-state index contributed by atoms with van der Waals surface area (Å²) in [5.41, 5.74) is 5.40. The Balaban J connectivity index is 0.000000438. The number of methoxy groups -OCH3 is 1. The number of nitrogens with zero attached hydrogens (tertiary/aromatic N) is 1. The summed E-state index contributed by atoms with van der Waals surface area (Å²) in [5.74, 6) is -0.907. The van der Waals surface area contributed by atoms with E-state index in [1.54, 1.807) is 24.3 Å². The van der Waals surface area contributed by atoms with Crippen molar-refractivity contribution in [1.29, 1.82) is 0 Å². The van der Waals surface area contributed by atoms with E-state index in [9.17, 15) is 14.4 Å². The third-order valence-electron chi connectivity index (χ3n) is 6.82. The molecule has 0 aliphatic carbocycles. The number of rotatable bonds is 8. The molecule has 0 atom stereocenters. The van der Waals surface area contributed by atoms with Crippen LogP contribution in [0.2, 0.25) is 0 Å². The number of aliphatic hydroxyl groups is 1. The SMILES string of the molecule is CC/C(=C(/NC(=O)c1ccccc1)C(=O)OC)c1ccccc1.CC/C(=C1/N=C(c2ccccc2)OC1=O)c1ccccc1.CO.C[O-].[Na+]. The van der Waals surface area contributed by atoms with E-state index in [1.807, 2.05) is 111 Å². The first-order valence-electron chi connectivity index (χ1n) is 15.2. The number of esters is 2. The fourth-order valence-electron chi connectivity index (χ4n) is 4.64. The number of aliphatic imine (C=N–C) groups is 1. The first-order valence-corrected chi connectivity index (χ1v) is 15.2. The summed E-state index contributed by atoms with van der Waals surface area (Å²) in [7, 11) is 3.05. The molecule has 0 aromatic heterocycles. The maximum absolute atomic E-state index is 12.4. The van der Waals surface area contributed by atoms with Crippen molar-refractivity contribution in [3.63, 3.8) is 0 Å². The van der Waals surface area contributed by atoms with E-state index in [1.165, 1.54) is 7.11 Å². The van der Waals surface area contributed by atoms with Crippen molar-refractivity contribution in [3.8, 4) is 0 Å². The Morgan fingerprint density at radius 1 is 0.735 bits per heavy atom. The summed E-state index contributed by atoms with van der Waals surface area (Å²) in [4.78, 5) is 41.1. The van der Waals surface area contributed by atoms with Gasteiger partial charge in [0.2, 0.25) is 5.90 Å². The van der Waals surface area contributed by atoms with E-state index in [2.05, 4.69) is 10.3 Å². The second kappa shape index (κ2) is 23.6. The predicted molar refractivity (Wildman–Crippen MR) is 186 cm³/mol. The molecule has 0 saturated carbocycles. The second-order valence-corrected chi connectivity index (χ2v) is 9.60. The molecule has 49 heavy (non-hydrogen) atoms. The Morgan fingerprint density at radius 3 is 1.63 bits per heavy atom.